The van der Waals surface area contributed by atoms with Crippen molar-refractivity contribution in [3.8, 4) is 5.75 Å². The molecule has 2 aromatic carbocycles. The second kappa shape index (κ2) is 9.70. The average molecular weight is 492 g/mol. The number of anilines is 1. The van der Waals surface area contributed by atoms with Gasteiger partial charge in [-0.2, -0.15) is 0 Å². The van der Waals surface area contributed by atoms with Crippen LogP contribution in [0.4, 0.5) is 5.69 Å². The number of aromatic nitrogens is 1. The van der Waals surface area contributed by atoms with Crippen molar-refractivity contribution in [2.24, 2.45) is 0 Å². The van der Waals surface area contributed by atoms with Crippen LogP contribution in [-0.2, 0) is 23.9 Å². The number of hydrogen-bond acceptors (Lipinski definition) is 7. The number of nitrogens with zero attached hydrogens (tertiary/aromatic N) is 1. The van der Waals surface area contributed by atoms with Crippen molar-refractivity contribution in [1.82, 2.24) is 15.6 Å². The smallest absolute Gasteiger partial charge is 0.310 e. The van der Waals surface area contributed by atoms with Crippen molar-refractivity contribution in [3.05, 3.63) is 60.3 Å². The van der Waals surface area contributed by atoms with Crippen LogP contribution in [0.2, 0.25) is 0 Å². The van der Waals surface area contributed by atoms with E-state index in [-0.39, 0.29) is 19.6 Å². The Morgan fingerprint density at radius 1 is 1.11 bits per heavy atom. The number of esters is 1. The fourth-order valence-corrected chi connectivity index (χ4v) is 4.38. The number of aromatic amines is 1. The maximum Gasteiger partial charge on any atom is 0.310 e. The molecule has 5 rings (SSSR count). The van der Waals surface area contributed by atoms with Crippen molar-refractivity contribution in [2.75, 3.05) is 25.2 Å². The van der Waals surface area contributed by atoms with E-state index in [1.54, 1.807) is 30.5 Å². The van der Waals surface area contributed by atoms with Crippen LogP contribution in [-0.4, -0.2) is 67.3 Å². The first-order valence-electron chi connectivity index (χ1n) is 11.4. The SMILES string of the molecule is COC1OC(=O)CC1NC(=O)CN1C(=O)C(NC(=O)c2c[nH]c3ccccc23)COc2ccccc21. The number of fused-ring (bicyclic) bond motifs is 2. The van der Waals surface area contributed by atoms with Crippen LogP contribution in [0.3, 0.4) is 0 Å². The fourth-order valence-electron chi connectivity index (χ4n) is 4.38. The van der Waals surface area contributed by atoms with Crippen molar-refractivity contribution < 1.29 is 33.4 Å². The third kappa shape index (κ3) is 4.48. The summed E-state index contributed by atoms with van der Waals surface area (Å²) in [5.74, 6) is -1.57. The molecule has 1 fully saturated rings. The molecular weight excluding hydrogens is 468 g/mol. The number of rotatable bonds is 6. The first kappa shape index (κ1) is 23.4. The van der Waals surface area contributed by atoms with Crippen molar-refractivity contribution in [2.45, 2.75) is 24.8 Å². The number of carbonyl (C=O) groups excluding carboxylic acids is 4. The van der Waals surface area contributed by atoms with Gasteiger partial charge in [0.1, 0.15) is 31.0 Å². The molecule has 11 heteroatoms. The van der Waals surface area contributed by atoms with Crippen LogP contribution in [0, 0.1) is 0 Å². The zero-order chi connectivity index (χ0) is 25.2. The molecule has 0 bridgehead atoms. The van der Waals surface area contributed by atoms with E-state index < -0.39 is 42.1 Å². The van der Waals surface area contributed by atoms with Crippen LogP contribution in [0.1, 0.15) is 16.8 Å². The van der Waals surface area contributed by atoms with E-state index in [1.807, 2.05) is 24.3 Å². The Kier molecular flexibility index (Phi) is 6.30. The zero-order valence-corrected chi connectivity index (χ0v) is 19.4. The molecule has 36 heavy (non-hydrogen) atoms. The van der Waals surface area contributed by atoms with Gasteiger partial charge in [0, 0.05) is 24.2 Å². The molecule has 0 radical (unpaired) electrons. The standard InChI is InChI=1S/C25H24N4O7/c1-34-25-17(10-22(31)36-25)27-21(30)12-29-19-8-4-5-9-20(19)35-13-18(24(29)33)28-23(32)15-11-26-16-7-3-2-6-14(15)16/h2-9,11,17-18,25-26H,10,12-13H2,1H3,(H,27,30)(H,28,32). The number of amides is 3. The van der Waals surface area contributed by atoms with Gasteiger partial charge in [0.05, 0.1) is 17.7 Å². The Morgan fingerprint density at radius 3 is 2.72 bits per heavy atom. The molecule has 1 saturated heterocycles. The van der Waals surface area contributed by atoms with Crippen molar-refractivity contribution >= 4 is 40.3 Å². The predicted molar refractivity (Wildman–Crippen MR) is 127 cm³/mol. The fraction of sp³-hybridized carbons (Fsp3) is 0.280. The lowest BCUT2D eigenvalue weighted by Gasteiger charge is -2.25. The van der Waals surface area contributed by atoms with Crippen LogP contribution in [0.5, 0.6) is 5.75 Å². The number of nitrogens with one attached hydrogen (secondary N) is 3. The van der Waals surface area contributed by atoms with Crippen LogP contribution in [0.25, 0.3) is 10.9 Å². The molecule has 3 atom stereocenters. The van der Waals surface area contributed by atoms with E-state index in [4.69, 9.17) is 14.2 Å². The second-order valence-corrected chi connectivity index (χ2v) is 8.45. The highest BCUT2D eigenvalue weighted by Gasteiger charge is 2.38. The van der Waals surface area contributed by atoms with Crippen LogP contribution in [0.15, 0.2) is 54.7 Å². The number of hydrogen-bond donors (Lipinski definition) is 3. The summed E-state index contributed by atoms with van der Waals surface area (Å²) in [4.78, 5) is 55.5. The summed E-state index contributed by atoms with van der Waals surface area (Å²) in [7, 11) is 1.37. The van der Waals surface area contributed by atoms with E-state index in [0.29, 0.717) is 17.0 Å². The molecule has 0 saturated carbocycles. The predicted octanol–water partition coefficient (Wildman–Crippen LogP) is 1.10. The van der Waals surface area contributed by atoms with E-state index in [2.05, 4.69) is 15.6 Å². The molecule has 3 unspecified atom stereocenters. The summed E-state index contributed by atoms with van der Waals surface area (Å²) in [6, 6.07) is 12.4. The lowest BCUT2D eigenvalue weighted by atomic mass is 10.1. The molecular formula is C25H24N4O7. The highest BCUT2D eigenvalue weighted by atomic mass is 16.7. The molecule has 2 aliphatic rings. The molecule has 3 heterocycles. The minimum atomic E-state index is -1.05. The molecule has 11 nitrogen and oxygen atoms in total. The van der Waals surface area contributed by atoms with Crippen molar-refractivity contribution in [3.63, 3.8) is 0 Å². The Morgan fingerprint density at radius 2 is 1.89 bits per heavy atom. The Balaban J connectivity index is 1.36. The minimum absolute atomic E-state index is 0.0405. The van der Waals surface area contributed by atoms with Gasteiger partial charge in [0.2, 0.25) is 12.2 Å². The summed E-state index contributed by atoms with van der Waals surface area (Å²) < 4.78 is 15.9. The molecule has 3 aromatic rings. The minimum Gasteiger partial charge on any atom is -0.489 e. The third-order valence-corrected chi connectivity index (χ3v) is 6.11. The normalized spacial score (nSPS) is 21.4. The Labute approximate surface area is 205 Å². The topological polar surface area (TPSA) is 139 Å². The first-order valence-corrected chi connectivity index (χ1v) is 11.4. The third-order valence-electron chi connectivity index (χ3n) is 6.11. The molecule has 0 spiro atoms. The number of carbonyl (C=O) groups is 4. The molecule has 0 aliphatic carbocycles. The average Bonchev–Trinajstić information content (AvgIpc) is 3.44. The highest BCUT2D eigenvalue weighted by molar-refractivity contribution is 6.10. The Hall–Kier alpha value is -4.38. The number of cyclic esters (lactones) is 1. The van der Waals surface area contributed by atoms with Gasteiger partial charge in [0.25, 0.3) is 11.8 Å². The number of ether oxygens (including phenoxy) is 3. The number of H-pyrrole nitrogens is 1. The summed E-state index contributed by atoms with van der Waals surface area (Å²) in [6.07, 6.45) is 0.639. The zero-order valence-electron chi connectivity index (χ0n) is 19.4. The lowest BCUT2D eigenvalue weighted by Crippen LogP contribution is -2.53. The van der Waals surface area contributed by atoms with Crippen molar-refractivity contribution in [1.29, 1.82) is 0 Å². The van der Waals surface area contributed by atoms with E-state index in [9.17, 15) is 19.2 Å². The van der Waals surface area contributed by atoms with Gasteiger partial charge in [0.15, 0.2) is 0 Å². The van der Waals surface area contributed by atoms with Gasteiger partial charge in [-0.25, -0.2) is 0 Å². The molecule has 3 N–H and O–H groups in total. The van der Waals surface area contributed by atoms with Gasteiger partial charge in [-0.05, 0) is 18.2 Å². The summed E-state index contributed by atoms with van der Waals surface area (Å²) in [5.41, 5.74) is 1.57. The summed E-state index contributed by atoms with van der Waals surface area (Å²) in [6.45, 7) is -0.474. The largest absolute Gasteiger partial charge is 0.489 e. The van der Waals surface area contributed by atoms with Gasteiger partial charge in [-0.15, -0.1) is 0 Å². The van der Waals surface area contributed by atoms with Gasteiger partial charge >= 0.3 is 5.97 Å². The second-order valence-electron chi connectivity index (χ2n) is 8.45. The number of methoxy groups -OCH3 is 1. The number of para-hydroxylation sites is 3. The summed E-state index contributed by atoms with van der Waals surface area (Å²) in [5, 5.41) is 6.16. The maximum atomic E-state index is 13.6. The van der Waals surface area contributed by atoms with E-state index in [0.717, 1.165) is 10.9 Å². The summed E-state index contributed by atoms with van der Waals surface area (Å²) >= 11 is 0. The van der Waals surface area contributed by atoms with E-state index in [1.165, 1.54) is 12.0 Å². The first-order chi connectivity index (χ1) is 17.4. The quantitative estimate of drug-likeness (QED) is 0.438. The van der Waals surface area contributed by atoms with Gasteiger partial charge < -0.3 is 29.8 Å². The lowest BCUT2D eigenvalue weighted by molar-refractivity contribution is -0.160. The van der Waals surface area contributed by atoms with Gasteiger partial charge in [-0.1, -0.05) is 30.3 Å². The van der Waals surface area contributed by atoms with Gasteiger partial charge in [-0.3, -0.25) is 24.1 Å². The molecule has 186 valence electrons. The van der Waals surface area contributed by atoms with Crippen LogP contribution >= 0.6 is 0 Å². The Bertz CT molecular complexity index is 1340. The van der Waals surface area contributed by atoms with E-state index >= 15 is 0 Å². The monoisotopic (exact) mass is 492 g/mol. The highest BCUT2D eigenvalue weighted by Crippen LogP contribution is 2.31. The maximum absolute atomic E-state index is 13.6. The van der Waals surface area contributed by atoms with Crippen LogP contribution < -0.4 is 20.3 Å². The molecule has 1 aromatic heterocycles. The number of benzene rings is 2. The molecule has 2 aliphatic heterocycles. The molecule has 3 amide bonds.